The van der Waals surface area contributed by atoms with Gasteiger partial charge in [-0.05, 0) is 30.0 Å². The van der Waals surface area contributed by atoms with E-state index < -0.39 is 12.0 Å². The minimum atomic E-state index is -1.04. The fraction of sp³-hybridized carbons (Fsp3) is 0.333. The molecule has 0 radical (unpaired) electrons. The van der Waals surface area contributed by atoms with Crippen molar-refractivity contribution >= 4 is 11.9 Å². The Kier molecular flexibility index (Phi) is 7.67. The van der Waals surface area contributed by atoms with Gasteiger partial charge in [0.25, 0.3) is 0 Å². The van der Waals surface area contributed by atoms with Gasteiger partial charge in [0.05, 0.1) is 14.2 Å². The van der Waals surface area contributed by atoms with E-state index in [1.807, 2.05) is 42.5 Å². The molecule has 144 valence electrons. The quantitative estimate of drug-likeness (QED) is 0.671. The maximum atomic E-state index is 12.2. The summed E-state index contributed by atoms with van der Waals surface area (Å²) in [6.45, 7) is 0. The number of carbonyl (C=O) groups excluding carboxylic acids is 1. The molecule has 2 N–H and O–H groups in total. The van der Waals surface area contributed by atoms with E-state index in [9.17, 15) is 14.7 Å². The molecule has 2 rings (SSSR count). The Hall–Kier alpha value is -3.02. The van der Waals surface area contributed by atoms with Gasteiger partial charge in [-0.15, -0.1) is 0 Å². The average molecular weight is 371 g/mol. The van der Waals surface area contributed by atoms with E-state index in [4.69, 9.17) is 9.47 Å². The van der Waals surface area contributed by atoms with Crippen molar-refractivity contribution in [3.05, 3.63) is 59.7 Å². The van der Waals surface area contributed by atoms with Crippen LogP contribution >= 0.6 is 0 Å². The molecule has 0 saturated carbocycles. The van der Waals surface area contributed by atoms with Crippen molar-refractivity contribution in [1.82, 2.24) is 5.32 Å². The first-order valence-electron chi connectivity index (χ1n) is 8.80. The van der Waals surface area contributed by atoms with Gasteiger partial charge in [-0.25, -0.2) is 4.79 Å². The van der Waals surface area contributed by atoms with Crippen molar-refractivity contribution in [3.63, 3.8) is 0 Å². The predicted octanol–water partition coefficient (Wildman–Crippen LogP) is 2.84. The van der Waals surface area contributed by atoms with Crippen LogP contribution in [0.4, 0.5) is 0 Å². The second-order valence-corrected chi connectivity index (χ2v) is 6.18. The number of benzene rings is 2. The van der Waals surface area contributed by atoms with Crippen molar-refractivity contribution in [2.45, 2.75) is 31.7 Å². The number of rotatable bonds is 10. The average Bonchev–Trinajstić information content (AvgIpc) is 2.68. The zero-order chi connectivity index (χ0) is 19.6. The molecular weight excluding hydrogens is 346 g/mol. The second-order valence-electron chi connectivity index (χ2n) is 6.18. The molecule has 1 amide bonds. The van der Waals surface area contributed by atoms with Crippen molar-refractivity contribution in [2.75, 3.05) is 14.2 Å². The standard InChI is InChI=1S/C21H25NO5/c1-26-17-12-11-16(19(14-17)27-2)9-6-10-20(23)22-18(21(24)25)13-15-7-4-3-5-8-15/h3-5,7-8,11-12,14,18H,6,9-10,13H2,1-2H3,(H,22,23)(H,24,25). The summed E-state index contributed by atoms with van der Waals surface area (Å²) in [7, 11) is 3.18. The minimum absolute atomic E-state index is 0.244. The third-order valence-electron chi connectivity index (χ3n) is 4.26. The monoisotopic (exact) mass is 371 g/mol. The molecule has 2 aromatic rings. The zero-order valence-corrected chi connectivity index (χ0v) is 15.6. The molecule has 2 aromatic carbocycles. The van der Waals surface area contributed by atoms with Crippen LogP contribution < -0.4 is 14.8 Å². The lowest BCUT2D eigenvalue weighted by Crippen LogP contribution is -2.42. The number of carbonyl (C=O) groups is 2. The summed E-state index contributed by atoms with van der Waals surface area (Å²) in [5.74, 6) is 0.107. The Morgan fingerprint density at radius 1 is 1.07 bits per heavy atom. The number of nitrogens with one attached hydrogen (secondary N) is 1. The fourth-order valence-electron chi connectivity index (χ4n) is 2.81. The number of amides is 1. The lowest BCUT2D eigenvalue weighted by Gasteiger charge is -2.15. The number of aryl methyl sites for hydroxylation is 1. The van der Waals surface area contributed by atoms with Crippen LogP contribution in [0.3, 0.4) is 0 Å². The lowest BCUT2D eigenvalue weighted by atomic mass is 10.0. The number of carboxylic acid groups (broad SMARTS) is 1. The number of hydrogen-bond acceptors (Lipinski definition) is 4. The van der Waals surface area contributed by atoms with Gasteiger partial charge in [-0.1, -0.05) is 36.4 Å². The van der Waals surface area contributed by atoms with Crippen LogP contribution in [0.25, 0.3) is 0 Å². The summed E-state index contributed by atoms with van der Waals surface area (Å²) in [5, 5.41) is 12.0. The third-order valence-corrected chi connectivity index (χ3v) is 4.26. The highest BCUT2D eigenvalue weighted by Gasteiger charge is 2.20. The summed E-state index contributed by atoms with van der Waals surface area (Å²) >= 11 is 0. The molecule has 1 atom stereocenters. The van der Waals surface area contributed by atoms with Gasteiger partial charge in [0.1, 0.15) is 17.5 Å². The fourth-order valence-corrected chi connectivity index (χ4v) is 2.81. The molecule has 0 aromatic heterocycles. The summed E-state index contributed by atoms with van der Waals surface area (Å²) in [5.41, 5.74) is 1.85. The van der Waals surface area contributed by atoms with Gasteiger partial charge >= 0.3 is 5.97 Å². The summed E-state index contributed by atoms with van der Waals surface area (Å²) < 4.78 is 10.5. The smallest absolute Gasteiger partial charge is 0.326 e. The molecule has 0 aliphatic carbocycles. The van der Waals surface area contributed by atoms with Crippen LogP contribution in [-0.4, -0.2) is 37.2 Å². The zero-order valence-electron chi connectivity index (χ0n) is 15.6. The molecule has 27 heavy (non-hydrogen) atoms. The van der Waals surface area contributed by atoms with E-state index in [1.165, 1.54) is 0 Å². The predicted molar refractivity (Wildman–Crippen MR) is 102 cm³/mol. The van der Waals surface area contributed by atoms with Crippen molar-refractivity contribution in [2.24, 2.45) is 0 Å². The minimum Gasteiger partial charge on any atom is -0.497 e. The lowest BCUT2D eigenvalue weighted by molar-refractivity contribution is -0.141. The van der Waals surface area contributed by atoms with E-state index in [0.717, 1.165) is 11.1 Å². The van der Waals surface area contributed by atoms with Gasteiger partial charge in [-0.2, -0.15) is 0 Å². The largest absolute Gasteiger partial charge is 0.497 e. The first-order chi connectivity index (χ1) is 13.0. The molecule has 6 nitrogen and oxygen atoms in total. The molecule has 0 aliphatic rings. The number of aliphatic carboxylic acids is 1. The van der Waals surface area contributed by atoms with E-state index in [2.05, 4.69) is 5.32 Å². The highest BCUT2D eigenvalue weighted by molar-refractivity contribution is 5.83. The Labute approximate surface area is 159 Å². The van der Waals surface area contributed by atoms with Crippen molar-refractivity contribution < 1.29 is 24.2 Å². The summed E-state index contributed by atoms with van der Waals surface area (Å²) in [4.78, 5) is 23.6. The normalized spacial score (nSPS) is 11.5. The van der Waals surface area contributed by atoms with E-state index >= 15 is 0 Å². The van der Waals surface area contributed by atoms with Crippen LogP contribution in [0.15, 0.2) is 48.5 Å². The van der Waals surface area contributed by atoms with Crippen LogP contribution in [0.5, 0.6) is 11.5 Å². The van der Waals surface area contributed by atoms with Gasteiger partial charge in [0.2, 0.25) is 5.91 Å². The van der Waals surface area contributed by atoms with Crippen molar-refractivity contribution in [1.29, 1.82) is 0 Å². The highest BCUT2D eigenvalue weighted by Crippen LogP contribution is 2.25. The Bertz CT molecular complexity index is 760. The molecule has 0 aliphatic heterocycles. The van der Waals surface area contributed by atoms with Gasteiger partial charge < -0.3 is 19.9 Å². The molecule has 1 unspecified atom stereocenters. The third kappa shape index (κ3) is 6.33. The molecule has 0 fully saturated rings. The molecule has 6 heteroatoms. The van der Waals surface area contributed by atoms with Gasteiger partial charge in [-0.3, -0.25) is 4.79 Å². The van der Waals surface area contributed by atoms with E-state index in [-0.39, 0.29) is 18.7 Å². The Morgan fingerprint density at radius 2 is 1.81 bits per heavy atom. The number of carboxylic acids is 1. The molecule has 0 saturated heterocycles. The number of hydrogen-bond donors (Lipinski definition) is 2. The van der Waals surface area contributed by atoms with Gasteiger partial charge in [0, 0.05) is 18.9 Å². The van der Waals surface area contributed by atoms with Crippen LogP contribution in [0.1, 0.15) is 24.0 Å². The topological polar surface area (TPSA) is 84.9 Å². The second kappa shape index (κ2) is 10.2. The number of methoxy groups -OCH3 is 2. The van der Waals surface area contributed by atoms with Crippen LogP contribution in [0.2, 0.25) is 0 Å². The maximum absolute atomic E-state index is 12.2. The summed E-state index contributed by atoms with van der Waals surface area (Å²) in [6.07, 6.45) is 1.74. The molecule has 0 spiro atoms. The summed E-state index contributed by atoms with van der Waals surface area (Å²) in [6, 6.07) is 13.9. The number of ether oxygens (including phenoxy) is 2. The Balaban J connectivity index is 1.86. The van der Waals surface area contributed by atoms with E-state index in [1.54, 1.807) is 20.3 Å². The van der Waals surface area contributed by atoms with Gasteiger partial charge in [0.15, 0.2) is 0 Å². The maximum Gasteiger partial charge on any atom is 0.326 e. The molecular formula is C21H25NO5. The SMILES string of the molecule is COc1ccc(CCCC(=O)NC(Cc2ccccc2)C(=O)O)c(OC)c1. The van der Waals surface area contributed by atoms with Crippen LogP contribution in [0, 0.1) is 0 Å². The highest BCUT2D eigenvalue weighted by atomic mass is 16.5. The van der Waals surface area contributed by atoms with Crippen LogP contribution in [-0.2, 0) is 22.4 Å². The van der Waals surface area contributed by atoms with E-state index in [0.29, 0.717) is 24.3 Å². The first-order valence-corrected chi connectivity index (χ1v) is 8.80. The Morgan fingerprint density at radius 3 is 2.44 bits per heavy atom. The molecule has 0 heterocycles. The van der Waals surface area contributed by atoms with Crippen molar-refractivity contribution in [3.8, 4) is 11.5 Å². The first kappa shape index (κ1) is 20.3. The molecule has 0 bridgehead atoms.